The van der Waals surface area contributed by atoms with Crippen molar-refractivity contribution in [3.63, 3.8) is 0 Å². The molecule has 0 aromatic heterocycles. The van der Waals surface area contributed by atoms with Gasteiger partial charge in [0.1, 0.15) is 11.5 Å². The Morgan fingerprint density at radius 3 is 1.59 bits per heavy atom. The Morgan fingerprint density at radius 1 is 0.864 bits per heavy atom. The SMILES string of the molecule is COc1ccc(C(=O)c2ccc(OC)c(CCl)c2)cc1CCl. The van der Waals surface area contributed by atoms with Crippen molar-refractivity contribution in [3.8, 4) is 11.5 Å². The lowest BCUT2D eigenvalue weighted by atomic mass is 9.99. The first-order valence-electron chi connectivity index (χ1n) is 6.65. The standard InChI is InChI=1S/C17H16Cl2O3/c1-21-15-5-3-11(7-13(15)9-18)17(20)12-4-6-16(22-2)14(8-12)10-19/h3-8H,9-10H2,1-2H3. The van der Waals surface area contributed by atoms with Crippen molar-refractivity contribution in [1.29, 1.82) is 0 Å². The van der Waals surface area contributed by atoms with Crippen LogP contribution in [0.25, 0.3) is 0 Å². The first kappa shape index (κ1) is 16.7. The Hall–Kier alpha value is -1.71. The number of benzene rings is 2. The largest absolute Gasteiger partial charge is 0.496 e. The summed E-state index contributed by atoms with van der Waals surface area (Å²) in [6, 6.07) is 10.4. The first-order chi connectivity index (χ1) is 10.6. The van der Waals surface area contributed by atoms with Gasteiger partial charge in [-0.3, -0.25) is 4.79 Å². The molecule has 3 nitrogen and oxygen atoms in total. The minimum absolute atomic E-state index is 0.0944. The number of ether oxygens (including phenoxy) is 2. The molecule has 2 aromatic rings. The van der Waals surface area contributed by atoms with Gasteiger partial charge in [-0.25, -0.2) is 0 Å². The van der Waals surface area contributed by atoms with Gasteiger partial charge in [-0.2, -0.15) is 0 Å². The van der Waals surface area contributed by atoms with E-state index in [4.69, 9.17) is 32.7 Å². The van der Waals surface area contributed by atoms with Crippen LogP contribution in [0, 0.1) is 0 Å². The molecule has 0 aliphatic heterocycles. The number of hydrogen-bond donors (Lipinski definition) is 0. The molecular formula is C17H16Cl2O3. The predicted molar refractivity (Wildman–Crippen MR) is 88.5 cm³/mol. The topological polar surface area (TPSA) is 35.5 Å². The van der Waals surface area contributed by atoms with Crippen LogP contribution < -0.4 is 9.47 Å². The van der Waals surface area contributed by atoms with Crippen LogP contribution in [0.5, 0.6) is 11.5 Å². The summed E-state index contributed by atoms with van der Waals surface area (Å²) in [5.74, 6) is 1.80. The third-order valence-electron chi connectivity index (χ3n) is 3.37. The van der Waals surface area contributed by atoms with E-state index < -0.39 is 0 Å². The number of alkyl halides is 2. The Labute approximate surface area is 139 Å². The fourth-order valence-electron chi connectivity index (χ4n) is 2.22. The van der Waals surface area contributed by atoms with Gasteiger partial charge in [-0.05, 0) is 36.4 Å². The highest BCUT2D eigenvalue weighted by Gasteiger charge is 2.14. The van der Waals surface area contributed by atoms with E-state index in [1.54, 1.807) is 50.6 Å². The summed E-state index contributed by atoms with van der Waals surface area (Å²) < 4.78 is 10.4. The summed E-state index contributed by atoms with van der Waals surface area (Å²) in [6.45, 7) is 0. The minimum Gasteiger partial charge on any atom is -0.496 e. The lowest BCUT2D eigenvalue weighted by molar-refractivity contribution is 0.103. The molecule has 22 heavy (non-hydrogen) atoms. The molecule has 0 atom stereocenters. The summed E-state index contributed by atoms with van der Waals surface area (Å²) in [6.07, 6.45) is 0. The van der Waals surface area contributed by atoms with Gasteiger partial charge < -0.3 is 9.47 Å². The van der Waals surface area contributed by atoms with Crippen molar-refractivity contribution in [2.45, 2.75) is 11.8 Å². The smallest absolute Gasteiger partial charge is 0.193 e. The molecule has 0 aliphatic rings. The normalized spacial score (nSPS) is 10.4. The molecule has 0 aliphatic carbocycles. The Bertz CT molecular complexity index is 626. The predicted octanol–water partition coefficient (Wildman–Crippen LogP) is 4.41. The monoisotopic (exact) mass is 338 g/mol. The molecule has 0 bridgehead atoms. The van der Waals surface area contributed by atoms with Gasteiger partial charge in [0.2, 0.25) is 0 Å². The van der Waals surface area contributed by atoms with Crippen LogP contribution >= 0.6 is 23.2 Å². The second kappa shape index (κ2) is 7.52. The average Bonchev–Trinajstić information content (AvgIpc) is 2.59. The second-order valence-electron chi connectivity index (χ2n) is 4.65. The number of methoxy groups -OCH3 is 2. The minimum atomic E-state index is -0.0944. The van der Waals surface area contributed by atoms with Gasteiger partial charge in [-0.15, -0.1) is 23.2 Å². The maximum atomic E-state index is 12.6. The molecule has 2 aromatic carbocycles. The van der Waals surface area contributed by atoms with Crippen LogP contribution in [0.15, 0.2) is 36.4 Å². The van der Waals surface area contributed by atoms with Gasteiger partial charge in [0.15, 0.2) is 5.78 Å². The van der Waals surface area contributed by atoms with Crippen molar-refractivity contribution in [3.05, 3.63) is 58.7 Å². The van der Waals surface area contributed by atoms with Gasteiger partial charge in [0.25, 0.3) is 0 Å². The molecule has 0 saturated carbocycles. The van der Waals surface area contributed by atoms with Crippen molar-refractivity contribution < 1.29 is 14.3 Å². The number of ketones is 1. The molecule has 0 spiro atoms. The van der Waals surface area contributed by atoms with E-state index in [9.17, 15) is 4.79 Å². The Morgan fingerprint density at radius 2 is 1.27 bits per heavy atom. The molecular weight excluding hydrogens is 323 g/mol. The van der Waals surface area contributed by atoms with Crippen LogP contribution in [0.3, 0.4) is 0 Å². The lowest BCUT2D eigenvalue weighted by Crippen LogP contribution is -2.04. The van der Waals surface area contributed by atoms with Crippen LogP contribution in [-0.2, 0) is 11.8 Å². The number of hydrogen-bond acceptors (Lipinski definition) is 3. The molecule has 0 saturated heterocycles. The second-order valence-corrected chi connectivity index (χ2v) is 5.18. The van der Waals surface area contributed by atoms with Gasteiger partial charge >= 0.3 is 0 Å². The van der Waals surface area contributed by atoms with Crippen LogP contribution in [-0.4, -0.2) is 20.0 Å². The van der Waals surface area contributed by atoms with Gasteiger partial charge in [-0.1, -0.05) is 0 Å². The summed E-state index contributed by atoms with van der Waals surface area (Å²) in [7, 11) is 3.15. The first-order valence-corrected chi connectivity index (χ1v) is 7.72. The molecule has 0 heterocycles. The number of halogens is 2. The molecule has 0 unspecified atom stereocenters. The van der Waals surface area contributed by atoms with Crippen molar-refractivity contribution in [2.75, 3.05) is 14.2 Å². The summed E-state index contributed by atoms with van der Waals surface area (Å²) in [4.78, 5) is 12.6. The number of carbonyl (C=O) groups is 1. The maximum Gasteiger partial charge on any atom is 0.193 e. The van der Waals surface area contributed by atoms with E-state index in [-0.39, 0.29) is 17.5 Å². The molecule has 5 heteroatoms. The van der Waals surface area contributed by atoms with E-state index in [1.165, 1.54) is 0 Å². The molecule has 116 valence electrons. The zero-order chi connectivity index (χ0) is 16.1. The molecule has 2 rings (SSSR count). The number of carbonyl (C=O) groups excluding carboxylic acids is 1. The molecule has 0 amide bonds. The fraction of sp³-hybridized carbons (Fsp3) is 0.235. The summed E-state index contributed by atoms with van der Waals surface area (Å²) >= 11 is 11.8. The van der Waals surface area contributed by atoms with E-state index >= 15 is 0 Å². The van der Waals surface area contributed by atoms with Gasteiger partial charge in [0.05, 0.1) is 26.0 Å². The Kier molecular flexibility index (Phi) is 5.69. The third kappa shape index (κ3) is 3.37. The molecule has 0 radical (unpaired) electrons. The molecule has 0 fully saturated rings. The average molecular weight is 339 g/mol. The van der Waals surface area contributed by atoms with Crippen molar-refractivity contribution in [1.82, 2.24) is 0 Å². The van der Waals surface area contributed by atoms with Crippen LogP contribution in [0.2, 0.25) is 0 Å². The Balaban J connectivity index is 2.39. The third-order valence-corrected chi connectivity index (χ3v) is 3.95. The maximum absolute atomic E-state index is 12.6. The highest BCUT2D eigenvalue weighted by molar-refractivity contribution is 6.18. The van der Waals surface area contributed by atoms with Gasteiger partial charge in [0, 0.05) is 22.3 Å². The van der Waals surface area contributed by atoms with Crippen molar-refractivity contribution in [2.24, 2.45) is 0 Å². The summed E-state index contributed by atoms with van der Waals surface area (Å²) in [5, 5.41) is 0. The zero-order valence-electron chi connectivity index (χ0n) is 12.4. The van der Waals surface area contributed by atoms with E-state index in [0.29, 0.717) is 22.6 Å². The molecule has 0 N–H and O–H groups in total. The fourth-order valence-corrected chi connectivity index (χ4v) is 2.63. The van der Waals surface area contributed by atoms with Crippen LogP contribution in [0.4, 0.5) is 0 Å². The van der Waals surface area contributed by atoms with E-state index in [0.717, 1.165) is 11.1 Å². The lowest BCUT2D eigenvalue weighted by Gasteiger charge is -2.10. The zero-order valence-corrected chi connectivity index (χ0v) is 13.9. The van der Waals surface area contributed by atoms with Crippen molar-refractivity contribution >= 4 is 29.0 Å². The number of rotatable bonds is 6. The summed E-state index contributed by atoms with van der Waals surface area (Å²) in [5.41, 5.74) is 2.67. The van der Waals surface area contributed by atoms with E-state index in [2.05, 4.69) is 0 Å². The quantitative estimate of drug-likeness (QED) is 0.578. The van der Waals surface area contributed by atoms with E-state index in [1.807, 2.05) is 0 Å². The van der Waals surface area contributed by atoms with Crippen LogP contribution in [0.1, 0.15) is 27.0 Å². The highest BCUT2D eigenvalue weighted by atomic mass is 35.5. The highest BCUT2D eigenvalue weighted by Crippen LogP contribution is 2.26.